The molecule has 2 heterocycles. The lowest BCUT2D eigenvalue weighted by molar-refractivity contribution is -0.164. The van der Waals surface area contributed by atoms with Gasteiger partial charge in [-0.15, -0.1) is 0 Å². The van der Waals surface area contributed by atoms with Gasteiger partial charge in [-0.3, -0.25) is 0 Å². The molecule has 254 valence electrons. The zero-order chi connectivity index (χ0) is 34.3. The van der Waals surface area contributed by atoms with Crippen LogP contribution in [0, 0.1) is 0 Å². The van der Waals surface area contributed by atoms with E-state index < -0.39 is 46.9 Å². The van der Waals surface area contributed by atoms with Gasteiger partial charge in [-0.05, 0) is 59.7 Å². The van der Waals surface area contributed by atoms with Gasteiger partial charge in [-0.1, -0.05) is 24.3 Å². The van der Waals surface area contributed by atoms with Crippen molar-refractivity contribution in [2.45, 2.75) is 37.4 Å². The maximum Gasteiger partial charge on any atom is 0.420 e. The number of benzene rings is 3. The Balaban J connectivity index is 1.25. The molecular weight excluding hydrogens is 650 g/mol. The van der Waals surface area contributed by atoms with E-state index in [4.69, 9.17) is 28.4 Å². The van der Waals surface area contributed by atoms with Crippen molar-refractivity contribution in [2.75, 3.05) is 26.4 Å². The highest BCUT2D eigenvalue weighted by molar-refractivity contribution is 5.90. The molecular formula is C34H28F6O8. The van der Waals surface area contributed by atoms with Gasteiger partial charge in [0, 0.05) is 25.0 Å². The minimum absolute atomic E-state index is 0.199. The maximum absolute atomic E-state index is 14.1. The summed E-state index contributed by atoms with van der Waals surface area (Å²) >= 11 is 0. The first-order valence-electron chi connectivity index (χ1n) is 14.7. The van der Waals surface area contributed by atoms with E-state index >= 15 is 0 Å². The van der Waals surface area contributed by atoms with E-state index in [2.05, 4.69) is 0 Å². The Morgan fingerprint density at radius 2 is 0.979 bits per heavy atom. The number of halogens is 6. The molecule has 0 saturated carbocycles. The molecule has 0 spiro atoms. The van der Waals surface area contributed by atoms with Gasteiger partial charge in [-0.2, -0.15) is 26.3 Å². The van der Waals surface area contributed by atoms with Gasteiger partial charge in [0.1, 0.15) is 34.1 Å². The average Bonchev–Trinajstić information content (AvgIpc) is 3.97. The number of alkyl halides is 6. The summed E-state index contributed by atoms with van der Waals surface area (Å²) in [5, 5.41) is 0. The molecule has 2 aliphatic heterocycles. The lowest BCUT2D eigenvalue weighted by atomic mass is 10.0. The van der Waals surface area contributed by atoms with Crippen molar-refractivity contribution in [1.82, 2.24) is 0 Å². The molecule has 48 heavy (non-hydrogen) atoms. The van der Waals surface area contributed by atoms with Crippen LogP contribution in [-0.4, -0.2) is 50.6 Å². The fraction of sp³-hybridized carbons (Fsp3) is 0.294. The first kappa shape index (κ1) is 34.5. The third kappa shape index (κ3) is 10.3. The first-order chi connectivity index (χ1) is 22.8. The topological polar surface area (TPSA) is 96.1 Å². The fourth-order valence-electron chi connectivity index (χ4n) is 4.35. The van der Waals surface area contributed by atoms with Crippen LogP contribution in [0.4, 0.5) is 26.3 Å². The SMILES string of the molecule is O=C(C=Cc1ccc(OCCC2CO2)cc1)Oc1ccc(OC(=O)C=Cc2ccc(OCCC3CO3)cc2)c(C(F)(F)F)c1C(F)(F)F. The Morgan fingerprint density at radius 3 is 1.29 bits per heavy atom. The Bertz CT molecular complexity index is 1520. The molecule has 2 aliphatic rings. The molecule has 2 fully saturated rings. The van der Waals surface area contributed by atoms with Crippen molar-refractivity contribution < 1.29 is 64.4 Å². The fourth-order valence-corrected chi connectivity index (χ4v) is 4.35. The van der Waals surface area contributed by atoms with E-state index in [0.717, 1.165) is 25.0 Å². The maximum atomic E-state index is 14.1. The predicted octanol–water partition coefficient (Wildman–Crippen LogP) is 7.30. The predicted molar refractivity (Wildman–Crippen MR) is 158 cm³/mol. The van der Waals surface area contributed by atoms with Crippen LogP contribution in [-0.2, 0) is 31.4 Å². The molecule has 2 atom stereocenters. The molecule has 8 nitrogen and oxygen atoms in total. The smallest absolute Gasteiger partial charge is 0.420 e. The van der Waals surface area contributed by atoms with Gasteiger partial charge in [0.15, 0.2) is 0 Å². The molecule has 2 saturated heterocycles. The van der Waals surface area contributed by atoms with Gasteiger partial charge in [-0.25, -0.2) is 9.59 Å². The summed E-state index contributed by atoms with van der Waals surface area (Å²) < 4.78 is 115. The number of carbonyl (C=O) groups excluding carboxylic acids is 2. The molecule has 0 aromatic heterocycles. The summed E-state index contributed by atoms with van der Waals surface area (Å²) in [4.78, 5) is 24.8. The van der Waals surface area contributed by atoms with E-state index in [-0.39, 0.29) is 12.2 Å². The zero-order valence-electron chi connectivity index (χ0n) is 25.0. The molecule has 0 radical (unpaired) electrons. The summed E-state index contributed by atoms with van der Waals surface area (Å²) in [5.41, 5.74) is -3.77. The molecule has 0 aliphatic carbocycles. The Hall–Kier alpha value is -4.82. The summed E-state index contributed by atoms with van der Waals surface area (Å²) in [6.45, 7) is 2.27. The van der Waals surface area contributed by atoms with Crippen LogP contribution in [0.3, 0.4) is 0 Å². The molecule has 0 bridgehead atoms. The van der Waals surface area contributed by atoms with Crippen LogP contribution in [0.2, 0.25) is 0 Å². The zero-order valence-corrected chi connectivity index (χ0v) is 25.0. The number of hydrogen-bond donors (Lipinski definition) is 0. The summed E-state index contributed by atoms with van der Waals surface area (Å²) in [6, 6.07) is 13.6. The van der Waals surface area contributed by atoms with Crippen molar-refractivity contribution in [3.63, 3.8) is 0 Å². The second kappa shape index (κ2) is 14.9. The average molecular weight is 679 g/mol. The molecule has 14 heteroatoms. The minimum Gasteiger partial charge on any atom is -0.493 e. The number of esters is 2. The number of rotatable bonds is 14. The normalized spacial score (nSPS) is 17.4. The van der Waals surface area contributed by atoms with Gasteiger partial charge in [0.25, 0.3) is 0 Å². The van der Waals surface area contributed by atoms with Crippen LogP contribution in [0.1, 0.15) is 35.1 Å². The van der Waals surface area contributed by atoms with Crippen LogP contribution in [0.15, 0.2) is 72.8 Å². The van der Waals surface area contributed by atoms with Crippen molar-refractivity contribution in [3.05, 3.63) is 95.1 Å². The number of epoxide rings is 2. The Kier molecular flexibility index (Phi) is 10.7. The quantitative estimate of drug-likeness (QED) is 0.0577. The summed E-state index contributed by atoms with van der Waals surface area (Å²) in [6.07, 6.45) is -5.53. The van der Waals surface area contributed by atoms with Crippen molar-refractivity contribution in [1.29, 1.82) is 0 Å². The highest BCUT2D eigenvalue weighted by Crippen LogP contribution is 2.49. The molecule has 2 unspecified atom stereocenters. The van der Waals surface area contributed by atoms with Crippen LogP contribution >= 0.6 is 0 Å². The van der Waals surface area contributed by atoms with Crippen LogP contribution < -0.4 is 18.9 Å². The molecule has 5 rings (SSSR count). The van der Waals surface area contributed by atoms with E-state index in [0.29, 0.717) is 61.2 Å². The standard InChI is InChI=1S/C34H28F6O8/c35-33(36,37)31-27(47-29(41)13-5-21-1-7-23(8-2-21)43-17-15-25-19-45-25)11-12-28(32(31)34(38,39)40)48-30(42)14-6-22-3-9-24(10-4-22)44-18-16-26-20-46-26/h1-14,25-26H,15-20H2. The lowest BCUT2D eigenvalue weighted by Gasteiger charge is -2.21. The lowest BCUT2D eigenvalue weighted by Crippen LogP contribution is -2.21. The van der Waals surface area contributed by atoms with Gasteiger partial charge >= 0.3 is 24.3 Å². The summed E-state index contributed by atoms with van der Waals surface area (Å²) in [7, 11) is 0. The second-order valence-corrected chi connectivity index (χ2v) is 10.6. The third-order valence-electron chi connectivity index (χ3n) is 6.92. The van der Waals surface area contributed by atoms with Crippen LogP contribution in [0.5, 0.6) is 23.0 Å². The highest BCUT2D eigenvalue weighted by Gasteiger charge is 2.48. The molecule has 3 aromatic rings. The number of hydrogen-bond acceptors (Lipinski definition) is 8. The highest BCUT2D eigenvalue weighted by atomic mass is 19.4. The second-order valence-electron chi connectivity index (χ2n) is 10.6. The van der Waals surface area contributed by atoms with Crippen LogP contribution in [0.25, 0.3) is 12.2 Å². The van der Waals surface area contributed by atoms with Crippen molar-refractivity contribution in [3.8, 4) is 23.0 Å². The minimum atomic E-state index is -5.65. The molecule has 0 N–H and O–H groups in total. The van der Waals surface area contributed by atoms with Gasteiger partial charge < -0.3 is 28.4 Å². The van der Waals surface area contributed by atoms with Crippen molar-refractivity contribution >= 4 is 24.1 Å². The van der Waals surface area contributed by atoms with E-state index in [9.17, 15) is 35.9 Å². The summed E-state index contributed by atoms with van der Waals surface area (Å²) in [5.74, 6) is -4.52. The van der Waals surface area contributed by atoms with Gasteiger partial charge in [0.05, 0.1) is 38.6 Å². The van der Waals surface area contributed by atoms with Crippen molar-refractivity contribution in [2.24, 2.45) is 0 Å². The largest absolute Gasteiger partial charge is 0.493 e. The molecule has 3 aromatic carbocycles. The van der Waals surface area contributed by atoms with E-state index in [1.54, 1.807) is 48.5 Å². The number of ether oxygens (including phenoxy) is 6. The first-order valence-corrected chi connectivity index (χ1v) is 14.7. The monoisotopic (exact) mass is 678 g/mol. The van der Waals surface area contributed by atoms with Gasteiger partial charge in [0.2, 0.25) is 0 Å². The van der Waals surface area contributed by atoms with E-state index in [1.165, 1.54) is 12.2 Å². The Morgan fingerprint density at radius 1 is 0.625 bits per heavy atom. The number of carbonyl (C=O) groups is 2. The Labute approximate surface area is 270 Å². The molecule has 0 amide bonds. The third-order valence-corrected chi connectivity index (χ3v) is 6.92. The van der Waals surface area contributed by atoms with E-state index in [1.807, 2.05) is 0 Å².